The molecule has 2 rings (SSSR count). The predicted octanol–water partition coefficient (Wildman–Crippen LogP) is 2.37. The lowest BCUT2D eigenvalue weighted by atomic mass is 10.2. The number of aromatic amines is 1. The van der Waals surface area contributed by atoms with E-state index < -0.39 is 0 Å². The van der Waals surface area contributed by atoms with Gasteiger partial charge in [0.15, 0.2) is 4.77 Å². The number of nitrogens with zero attached hydrogens (tertiary/aromatic N) is 3. The van der Waals surface area contributed by atoms with Crippen molar-refractivity contribution < 1.29 is 0 Å². The van der Waals surface area contributed by atoms with Crippen LogP contribution >= 0.6 is 12.2 Å². The van der Waals surface area contributed by atoms with Gasteiger partial charge in [-0.05, 0) is 38.4 Å². The number of H-pyrrole nitrogens is 1. The first kappa shape index (κ1) is 10.7. The van der Waals surface area contributed by atoms with Crippen LogP contribution < -0.4 is 4.90 Å². The topological polar surface area (TPSA) is 36.9 Å². The van der Waals surface area contributed by atoms with Gasteiger partial charge in [-0.15, -0.1) is 5.10 Å². The fourth-order valence-corrected chi connectivity index (χ4v) is 2.44. The van der Waals surface area contributed by atoms with Gasteiger partial charge in [0.25, 0.3) is 0 Å². The minimum atomic E-state index is 0.363. The Kier molecular flexibility index (Phi) is 2.82. The first-order valence-corrected chi connectivity index (χ1v) is 5.92. The second kappa shape index (κ2) is 3.96. The molecule has 84 valence electrons. The molecule has 0 bridgehead atoms. The molecule has 4 nitrogen and oxygen atoms in total. The van der Waals surface area contributed by atoms with Crippen LogP contribution in [0.15, 0.2) is 0 Å². The van der Waals surface area contributed by atoms with E-state index in [1.165, 1.54) is 6.42 Å². The van der Waals surface area contributed by atoms with Crippen molar-refractivity contribution in [3.8, 4) is 0 Å². The van der Waals surface area contributed by atoms with Crippen molar-refractivity contribution in [2.75, 3.05) is 18.0 Å². The highest BCUT2D eigenvalue weighted by Gasteiger charge is 2.23. The quantitative estimate of drug-likeness (QED) is 0.787. The van der Waals surface area contributed by atoms with Gasteiger partial charge in [-0.1, -0.05) is 6.92 Å². The molecule has 1 saturated heterocycles. The van der Waals surface area contributed by atoms with E-state index in [2.05, 4.69) is 40.4 Å². The molecule has 5 heteroatoms. The Morgan fingerprint density at radius 3 is 2.80 bits per heavy atom. The molecule has 0 aliphatic carbocycles. The molecular weight excluding hydrogens is 208 g/mol. The molecule has 1 aliphatic heterocycles. The first-order valence-electron chi connectivity index (χ1n) is 5.51. The van der Waals surface area contributed by atoms with E-state index in [-0.39, 0.29) is 0 Å². The molecule has 1 unspecified atom stereocenters. The van der Waals surface area contributed by atoms with Crippen LogP contribution in [-0.2, 0) is 0 Å². The number of aromatic nitrogens is 3. The zero-order valence-electron chi connectivity index (χ0n) is 9.53. The van der Waals surface area contributed by atoms with Gasteiger partial charge >= 0.3 is 0 Å². The Balaban J connectivity index is 2.32. The van der Waals surface area contributed by atoms with Gasteiger partial charge in [-0.3, -0.25) is 4.57 Å². The summed E-state index contributed by atoms with van der Waals surface area (Å²) in [6.45, 7) is 8.73. The lowest BCUT2D eigenvalue weighted by Crippen LogP contribution is -2.24. The average molecular weight is 226 g/mol. The van der Waals surface area contributed by atoms with Crippen LogP contribution in [0.5, 0.6) is 0 Å². The van der Waals surface area contributed by atoms with Gasteiger partial charge < -0.3 is 4.90 Å². The standard InChI is InChI=1S/C10H18N4S/c1-7(2)14-9(11-12-10(14)15)13-5-4-8(3)6-13/h7-8H,4-6H2,1-3H3,(H,12,15). The number of hydrogen-bond donors (Lipinski definition) is 1. The zero-order chi connectivity index (χ0) is 11.0. The number of hydrogen-bond acceptors (Lipinski definition) is 3. The van der Waals surface area contributed by atoms with Crippen molar-refractivity contribution in [1.29, 1.82) is 0 Å². The van der Waals surface area contributed by atoms with E-state index in [1.54, 1.807) is 0 Å². The van der Waals surface area contributed by atoms with Gasteiger partial charge in [-0.25, -0.2) is 5.10 Å². The van der Waals surface area contributed by atoms with Crippen LogP contribution in [0.3, 0.4) is 0 Å². The van der Waals surface area contributed by atoms with E-state index in [9.17, 15) is 0 Å². The van der Waals surface area contributed by atoms with Crippen molar-refractivity contribution in [2.24, 2.45) is 5.92 Å². The van der Waals surface area contributed by atoms with Gasteiger partial charge in [-0.2, -0.15) is 0 Å². The SMILES string of the molecule is CC1CCN(c2n[nH]c(=S)n2C(C)C)C1. The van der Waals surface area contributed by atoms with Gasteiger partial charge in [0.1, 0.15) is 0 Å². The van der Waals surface area contributed by atoms with Crippen LogP contribution in [0, 0.1) is 10.7 Å². The van der Waals surface area contributed by atoms with Gasteiger partial charge in [0.2, 0.25) is 5.95 Å². The van der Waals surface area contributed by atoms with Crippen LogP contribution in [0.2, 0.25) is 0 Å². The van der Waals surface area contributed by atoms with Gasteiger partial charge in [0.05, 0.1) is 0 Å². The second-order valence-corrected chi connectivity index (χ2v) is 5.02. The summed E-state index contributed by atoms with van der Waals surface area (Å²) in [6, 6.07) is 0.363. The molecule has 15 heavy (non-hydrogen) atoms. The molecule has 1 N–H and O–H groups in total. The zero-order valence-corrected chi connectivity index (χ0v) is 10.3. The smallest absolute Gasteiger partial charge is 0.225 e. The summed E-state index contributed by atoms with van der Waals surface area (Å²) in [5.74, 6) is 1.76. The Morgan fingerprint density at radius 1 is 1.53 bits per heavy atom. The molecule has 0 amide bonds. The molecule has 1 aromatic rings. The lowest BCUT2D eigenvalue weighted by Gasteiger charge is -2.19. The third-order valence-electron chi connectivity index (χ3n) is 2.91. The van der Waals surface area contributed by atoms with Crippen molar-refractivity contribution in [2.45, 2.75) is 33.2 Å². The van der Waals surface area contributed by atoms with E-state index >= 15 is 0 Å². The summed E-state index contributed by atoms with van der Waals surface area (Å²) in [4.78, 5) is 2.32. The van der Waals surface area contributed by atoms with Gasteiger partial charge in [0, 0.05) is 19.1 Å². The molecule has 1 fully saturated rings. The second-order valence-electron chi connectivity index (χ2n) is 4.63. The molecule has 1 atom stereocenters. The van der Waals surface area contributed by atoms with Crippen LogP contribution in [-0.4, -0.2) is 27.9 Å². The monoisotopic (exact) mass is 226 g/mol. The number of rotatable bonds is 2. The summed E-state index contributed by atoms with van der Waals surface area (Å²) in [7, 11) is 0. The maximum atomic E-state index is 5.23. The summed E-state index contributed by atoms with van der Waals surface area (Å²) >= 11 is 5.23. The van der Waals surface area contributed by atoms with Crippen molar-refractivity contribution in [3.63, 3.8) is 0 Å². The van der Waals surface area contributed by atoms with E-state index in [4.69, 9.17) is 12.2 Å². The highest BCUT2D eigenvalue weighted by molar-refractivity contribution is 7.71. The molecule has 1 aliphatic rings. The maximum absolute atomic E-state index is 5.23. The minimum absolute atomic E-state index is 0.363. The lowest BCUT2D eigenvalue weighted by molar-refractivity contribution is 0.582. The molecule has 2 heterocycles. The Labute approximate surface area is 95.3 Å². The molecule has 0 aromatic carbocycles. The third-order valence-corrected chi connectivity index (χ3v) is 3.20. The van der Waals surface area contributed by atoms with Crippen molar-refractivity contribution in [1.82, 2.24) is 14.8 Å². The number of anilines is 1. The molecular formula is C10H18N4S. The molecule has 0 radical (unpaired) electrons. The third kappa shape index (κ3) is 1.93. The average Bonchev–Trinajstić information content (AvgIpc) is 2.71. The van der Waals surface area contributed by atoms with Crippen molar-refractivity contribution in [3.05, 3.63) is 4.77 Å². The minimum Gasteiger partial charge on any atom is -0.341 e. The number of nitrogens with one attached hydrogen (secondary N) is 1. The Hall–Kier alpha value is -0.840. The predicted molar refractivity (Wildman–Crippen MR) is 63.8 cm³/mol. The van der Waals surface area contributed by atoms with Crippen LogP contribution in [0.4, 0.5) is 5.95 Å². The fraction of sp³-hybridized carbons (Fsp3) is 0.800. The van der Waals surface area contributed by atoms with E-state index in [0.29, 0.717) is 6.04 Å². The summed E-state index contributed by atoms with van der Waals surface area (Å²) in [5, 5.41) is 7.21. The fourth-order valence-electron chi connectivity index (χ4n) is 2.10. The Bertz CT molecular complexity index is 392. The highest BCUT2D eigenvalue weighted by Crippen LogP contribution is 2.24. The largest absolute Gasteiger partial charge is 0.341 e. The maximum Gasteiger partial charge on any atom is 0.225 e. The molecule has 0 spiro atoms. The van der Waals surface area contributed by atoms with Crippen molar-refractivity contribution >= 4 is 18.2 Å². The van der Waals surface area contributed by atoms with Crippen LogP contribution in [0.25, 0.3) is 0 Å². The summed E-state index contributed by atoms with van der Waals surface area (Å²) < 4.78 is 2.81. The molecule has 0 saturated carbocycles. The summed E-state index contributed by atoms with van der Waals surface area (Å²) in [6.07, 6.45) is 1.25. The highest BCUT2D eigenvalue weighted by atomic mass is 32.1. The molecule has 1 aromatic heterocycles. The first-order chi connectivity index (χ1) is 7.09. The van der Waals surface area contributed by atoms with E-state index in [0.717, 1.165) is 29.7 Å². The van der Waals surface area contributed by atoms with Crippen LogP contribution in [0.1, 0.15) is 33.2 Å². The Morgan fingerprint density at radius 2 is 2.27 bits per heavy atom. The van der Waals surface area contributed by atoms with E-state index in [1.807, 2.05) is 0 Å². The summed E-state index contributed by atoms with van der Waals surface area (Å²) in [5.41, 5.74) is 0. The normalized spacial score (nSPS) is 21.6.